The molecule has 0 radical (unpaired) electrons. The lowest BCUT2D eigenvalue weighted by Gasteiger charge is -2.38. The molecule has 0 amide bonds. The van der Waals surface area contributed by atoms with Crippen molar-refractivity contribution in [1.82, 2.24) is 4.98 Å². The van der Waals surface area contributed by atoms with Gasteiger partial charge in [-0.3, -0.25) is 4.98 Å². The first-order valence-electron chi connectivity index (χ1n) is 7.89. The number of benzene rings is 1. The third-order valence-electron chi connectivity index (χ3n) is 4.15. The van der Waals surface area contributed by atoms with E-state index in [1.54, 1.807) is 40.0 Å². The fraction of sp³-hybridized carbons (Fsp3) is 0.389. The van der Waals surface area contributed by atoms with Gasteiger partial charge in [0.15, 0.2) is 0 Å². The fourth-order valence-electron chi connectivity index (χ4n) is 1.88. The van der Waals surface area contributed by atoms with Crippen LogP contribution < -0.4 is 10.2 Å². The molecule has 0 aliphatic rings. The lowest BCUT2D eigenvalue weighted by Crippen LogP contribution is -2.53. The van der Waals surface area contributed by atoms with Crippen LogP contribution in [0.1, 0.15) is 33.3 Å². The molecule has 0 spiro atoms. The van der Waals surface area contributed by atoms with E-state index in [0.29, 0.717) is 17.8 Å². The molecule has 1 aromatic heterocycles. The van der Waals surface area contributed by atoms with Crippen molar-refractivity contribution in [2.75, 3.05) is 0 Å². The molecule has 2 rings (SSSR count). The van der Waals surface area contributed by atoms with E-state index in [-0.39, 0.29) is 0 Å². The van der Waals surface area contributed by atoms with Gasteiger partial charge in [-0.2, -0.15) is 0 Å². The monoisotopic (exact) mass is 329 g/mol. The van der Waals surface area contributed by atoms with Crippen LogP contribution in [-0.4, -0.2) is 33.4 Å². The molecule has 0 atom stereocenters. The molecule has 0 bridgehead atoms. The summed E-state index contributed by atoms with van der Waals surface area (Å²) in [7, 11) is -1.21. The molecule has 0 unspecified atom stereocenters. The van der Waals surface area contributed by atoms with Crippen LogP contribution in [0, 0.1) is 0 Å². The third kappa shape index (κ3) is 4.80. The van der Waals surface area contributed by atoms with Gasteiger partial charge in [0.05, 0.1) is 17.4 Å². The Morgan fingerprint density at radius 3 is 2.38 bits per heavy atom. The van der Waals surface area contributed by atoms with Crippen LogP contribution in [0.2, 0.25) is 0 Å². The predicted molar refractivity (Wildman–Crippen MR) is 94.1 cm³/mol. The van der Waals surface area contributed by atoms with Crippen LogP contribution in [0.15, 0.2) is 48.8 Å². The van der Waals surface area contributed by atoms with Gasteiger partial charge in [-0.15, -0.1) is 0 Å². The van der Waals surface area contributed by atoms with E-state index in [4.69, 9.17) is 9.39 Å². The largest absolute Gasteiger partial charge is 0.493 e. The van der Waals surface area contributed by atoms with E-state index in [1.807, 2.05) is 30.3 Å². The van der Waals surface area contributed by atoms with Gasteiger partial charge in [0.1, 0.15) is 12.4 Å². The molecule has 5 nitrogen and oxygen atoms in total. The molecular weight excluding hydrogens is 305 g/mol. The second kappa shape index (κ2) is 7.34. The van der Waals surface area contributed by atoms with Gasteiger partial charge in [0, 0.05) is 11.7 Å². The van der Waals surface area contributed by atoms with E-state index < -0.39 is 18.3 Å². The number of pyridine rings is 1. The van der Waals surface area contributed by atoms with Gasteiger partial charge < -0.3 is 19.5 Å². The van der Waals surface area contributed by atoms with Gasteiger partial charge in [-0.25, -0.2) is 0 Å². The average molecular weight is 329 g/mol. The number of hydrogen-bond donors (Lipinski definition) is 2. The Morgan fingerprint density at radius 1 is 1.08 bits per heavy atom. The molecule has 0 saturated carbocycles. The van der Waals surface area contributed by atoms with Crippen molar-refractivity contribution >= 4 is 12.6 Å². The van der Waals surface area contributed by atoms with Crippen molar-refractivity contribution in [2.45, 2.75) is 45.5 Å². The first-order valence-corrected chi connectivity index (χ1v) is 7.89. The molecule has 0 saturated heterocycles. The van der Waals surface area contributed by atoms with Crippen LogP contribution in [0.25, 0.3) is 0 Å². The van der Waals surface area contributed by atoms with Crippen LogP contribution >= 0.6 is 0 Å². The summed E-state index contributed by atoms with van der Waals surface area (Å²) in [6.45, 7) is 7.13. The molecular formula is C18H24BNO4. The van der Waals surface area contributed by atoms with E-state index in [1.165, 1.54) is 6.20 Å². The van der Waals surface area contributed by atoms with Crippen LogP contribution in [0.5, 0.6) is 5.75 Å². The van der Waals surface area contributed by atoms with Crippen LogP contribution in [0.3, 0.4) is 0 Å². The van der Waals surface area contributed by atoms with E-state index in [2.05, 4.69) is 4.98 Å². The van der Waals surface area contributed by atoms with Gasteiger partial charge in [-0.1, -0.05) is 30.3 Å². The Morgan fingerprint density at radius 2 is 1.75 bits per heavy atom. The summed E-state index contributed by atoms with van der Waals surface area (Å²) in [5.74, 6) is 0.542. The van der Waals surface area contributed by atoms with Crippen LogP contribution in [0.4, 0.5) is 0 Å². The highest BCUT2D eigenvalue weighted by molar-refractivity contribution is 6.60. The number of aromatic nitrogens is 1. The maximum atomic E-state index is 10.3. The molecule has 2 N–H and O–H groups in total. The fourth-order valence-corrected chi connectivity index (χ4v) is 1.88. The Hall–Kier alpha value is -1.89. The quantitative estimate of drug-likeness (QED) is 0.760. The van der Waals surface area contributed by atoms with Gasteiger partial charge in [0.25, 0.3) is 0 Å². The summed E-state index contributed by atoms with van der Waals surface area (Å²) in [6, 6.07) is 11.5. The van der Waals surface area contributed by atoms with E-state index in [0.717, 1.165) is 5.56 Å². The summed E-state index contributed by atoms with van der Waals surface area (Å²) >= 11 is 0. The highest BCUT2D eigenvalue weighted by Crippen LogP contribution is 2.25. The molecule has 2 aromatic rings. The maximum absolute atomic E-state index is 10.3. The number of aliphatic hydroxyl groups is 1. The SMILES string of the molecule is CC(C)(O)C(C)(C)OB(O)c1cncc(OCc2ccccc2)c1. The van der Waals surface area contributed by atoms with Crippen molar-refractivity contribution in [1.29, 1.82) is 0 Å². The number of rotatable bonds is 7. The standard InChI is InChI=1S/C18H24BNO4/c1-17(2,21)18(3,4)24-19(22)15-10-16(12-20-11-15)23-13-14-8-6-5-7-9-14/h5-12,21-22H,13H2,1-4H3. The molecule has 1 heterocycles. The Kier molecular flexibility index (Phi) is 5.64. The lowest BCUT2D eigenvalue weighted by molar-refractivity contribution is -0.0982. The third-order valence-corrected chi connectivity index (χ3v) is 4.15. The summed E-state index contributed by atoms with van der Waals surface area (Å²) in [6.07, 6.45) is 3.10. The summed E-state index contributed by atoms with van der Waals surface area (Å²) in [4.78, 5) is 4.08. The van der Waals surface area contributed by atoms with Crippen LogP contribution in [-0.2, 0) is 11.3 Å². The number of hydrogen-bond acceptors (Lipinski definition) is 5. The normalized spacial score (nSPS) is 12.1. The minimum Gasteiger partial charge on any atom is -0.487 e. The lowest BCUT2D eigenvalue weighted by atomic mass is 9.77. The number of ether oxygens (including phenoxy) is 1. The number of nitrogens with zero attached hydrogens (tertiary/aromatic N) is 1. The van der Waals surface area contributed by atoms with Crippen molar-refractivity contribution in [3.05, 3.63) is 54.4 Å². The molecule has 128 valence electrons. The molecule has 0 aliphatic heterocycles. The summed E-state index contributed by atoms with van der Waals surface area (Å²) in [5.41, 5.74) is -0.531. The molecule has 1 aromatic carbocycles. The van der Waals surface area contributed by atoms with Crippen molar-refractivity contribution in [3.63, 3.8) is 0 Å². The summed E-state index contributed by atoms with van der Waals surface area (Å²) < 4.78 is 11.3. The Labute approximate surface area is 143 Å². The zero-order valence-corrected chi connectivity index (χ0v) is 14.6. The van der Waals surface area contributed by atoms with Crippen molar-refractivity contribution < 1.29 is 19.5 Å². The van der Waals surface area contributed by atoms with Crippen molar-refractivity contribution in [3.8, 4) is 5.75 Å². The van der Waals surface area contributed by atoms with E-state index in [9.17, 15) is 10.1 Å². The first kappa shape index (κ1) is 18.5. The molecule has 0 fully saturated rings. The highest BCUT2D eigenvalue weighted by Gasteiger charge is 2.39. The van der Waals surface area contributed by atoms with E-state index >= 15 is 0 Å². The molecule has 0 aliphatic carbocycles. The zero-order valence-electron chi connectivity index (χ0n) is 14.6. The van der Waals surface area contributed by atoms with Gasteiger partial charge in [-0.05, 0) is 39.3 Å². The average Bonchev–Trinajstić information content (AvgIpc) is 2.53. The predicted octanol–water partition coefficient (Wildman–Crippen LogP) is 1.91. The van der Waals surface area contributed by atoms with Gasteiger partial charge >= 0.3 is 7.12 Å². The minimum absolute atomic E-state index is 0.415. The smallest absolute Gasteiger partial charge is 0.487 e. The zero-order chi connectivity index (χ0) is 17.8. The highest BCUT2D eigenvalue weighted by atomic mass is 16.5. The second-order valence-electron chi connectivity index (χ2n) is 6.77. The van der Waals surface area contributed by atoms with Crippen molar-refractivity contribution in [2.24, 2.45) is 0 Å². The topological polar surface area (TPSA) is 71.8 Å². The Balaban J connectivity index is 2.04. The first-order chi connectivity index (χ1) is 11.2. The molecule has 6 heteroatoms. The van der Waals surface area contributed by atoms with Gasteiger partial charge in [0.2, 0.25) is 0 Å². The second-order valence-corrected chi connectivity index (χ2v) is 6.77. The Bertz CT molecular complexity index is 656. The minimum atomic E-state index is -1.21. The maximum Gasteiger partial charge on any atom is 0.493 e. The summed E-state index contributed by atoms with van der Waals surface area (Å²) in [5, 5.41) is 20.4. The molecule has 24 heavy (non-hydrogen) atoms.